The molecule has 5 rings (SSSR count). The number of methoxy groups -OCH3 is 1. The average molecular weight is 523 g/mol. The number of rotatable bonds is 9. The molecule has 2 amide bonds. The molecule has 1 atom stereocenters. The predicted molar refractivity (Wildman–Crippen MR) is 149 cm³/mol. The van der Waals surface area contributed by atoms with E-state index < -0.39 is 6.04 Å². The Hall–Kier alpha value is -4.78. The van der Waals surface area contributed by atoms with Gasteiger partial charge in [-0.3, -0.25) is 9.59 Å². The molecule has 0 spiro atoms. The number of benzene rings is 4. The fourth-order valence-electron chi connectivity index (χ4n) is 4.61. The first-order valence-electron chi connectivity index (χ1n) is 12.7. The first-order valence-corrected chi connectivity index (χ1v) is 12.7. The molecule has 0 aliphatic carbocycles. The summed E-state index contributed by atoms with van der Waals surface area (Å²) in [4.78, 5) is 29.6. The van der Waals surface area contributed by atoms with Crippen molar-refractivity contribution in [2.24, 2.45) is 0 Å². The second-order valence-corrected chi connectivity index (χ2v) is 9.34. The van der Waals surface area contributed by atoms with E-state index >= 15 is 0 Å². The Kier molecular flexibility index (Phi) is 7.78. The summed E-state index contributed by atoms with van der Waals surface area (Å²) in [6.07, 6.45) is 0.163. The maximum atomic E-state index is 14.0. The molecule has 4 aromatic carbocycles. The van der Waals surface area contributed by atoms with Crippen LogP contribution in [0.25, 0.3) is 0 Å². The van der Waals surface area contributed by atoms with Gasteiger partial charge >= 0.3 is 0 Å². The van der Waals surface area contributed by atoms with E-state index in [1.807, 2.05) is 73.7 Å². The lowest BCUT2D eigenvalue weighted by molar-refractivity contribution is -0.139. The monoisotopic (exact) mass is 522 g/mol. The standard InChI is InChI=1S/C32H30N2O5/c1-22-8-6-7-11-25(22)20-34(30(35)18-23-9-4-3-5-10-23)31(24-12-15-27(37-2)16-13-24)32(36)33-26-14-17-28-29(19-26)39-21-38-28/h3-17,19,31H,18,20-21H2,1-2H3,(H,33,36). The second-order valence-electron chi connectivity index (χ2n) is 9.34. The lowest BCUT2D eigenvalue weighted by Crippen LogP contribution is -2.41. The number of anilines is 1. The quantitative estimate of drug-likeness (QED) is 0.306. The van der Waals surface area contributed by atoms with E-state index in [2.05, 4.69) is 5.32 Å². The zero-order valence-electron chi connectivity index (χ0n) is 21.9. The maximum absolute atomic E-state index is 14.0. The van der Waals surface area contributed by atoms with Crippen molar-refractivity contribution in [2.75, 3.05) is 19.2 Å². The van der Waals surface area contributed by atoms with Crippen molar-refractivity contribution in [1.29, 1.82) is 0 Å². The number of aryl methyl sites for hydroxylation is 1. The molecule has 0 bridgehead atoms. The molecule has 198 valence electrons. The van der Waals surface area contributed by atoms with Crippen LogP contribution in [0.5, 0.6) is 17.2 Å². The Bertz CT molecular complexity index is 1450. The highest BCUT2D eigenvalue weighted by atomic mass is 16.7. The third-order valence-corrected chi connectivity index (χ3v) is 6.75. The van der Waals surface area contributed by atoms with Crippen LogP contribution in [0.1, 0.15) is 28.3 Å². The molecule has 1 aliphatic rings. The molecule has 0 fully saturated rings. The van der Waals surface area contributed by atoms with E-state index in [1.165, 1.54) is 0 Å². The first-order chi connectivity index (χ1) is 19.0. The Labute approximate surface area is 227 Å². The molecule has 0 saturated carbocycles. The molecule has 39 heavy (non-hydrogen) atoms. The van der Waals surface area contributed by atoms with Crippen molar-refractivity contribution < 1.29 is 23.8 Å². The van der Waals surface area contributed by atoms with Crippen LogP contribution in [0.3, 0.4) is 0 Å². The summed E-state index contributed by atoms with van der Waals surface area (Å²) < 4.78 is 16.2. The van der Waals surface area contributed by atoms with Gasteiger partial charge < -0.3 is 24.4 Å². The van der Waals surface area contributed by atoms with Crippen LogP contribution in [0, 0.1) is 6.92 Å². The van der Waals surface area contributed by atoms with Gasteiger partial charge in [-0.2, -0.15) is 0 Å². The van der Waals surface area contributed by atoms with E-state index in [-0.39, 0.29) is 31.6 Å². The number of ether oxygens (including phenoxy) is 3. The van der Waals surface area contributed by atoms with Crippen LogP contribution < -0.4 is 19.5 Å². The molecular weight excluding hydrogens is 492 g/mol. The number of nitrogens with one attached hydrogen (secondary N) is 1. The molecule has 0 saturated heterocycles. The van der Waals surface area contributed by atoms with E-state index in [4.69, 9.17) is 14.2 Å². The van der Waals surface area contributed by atoms with Gasteiger partial charge in [-0.25, -0.2) is 0 Å². The van der Waals surface area contributed by atoms with Crippen LogP contribution in [-0.4, -0.2) is 30.6 Å². The summed E-state index contributed by atoms with van der Waals surface area (Å²) in [5, 5.41) is 3.00. The third-order valence-electron chi connectivity index (χ3n) is 6.75. The zero-order chi connectivity index (χ0) is 27.2. The molecule has 0 radical (unpaired) electrons. The van der Waals surface area contributed by atoms with Gasteiger partial charge in [0.1, 0.15) is 11.8 Å². The topological polar surface area (TPSA) is 77.1 Å². The highest BCUT2D eigenvalue weighted by Crippen LogP contribution is 2.35. The Morgan fingerprint density at radius 1 is 0.897 bits per heavy atom. The van der Waals surface area contributed by atoms with Gasteiger partial charge in [-0.1, -0.05) is 66.7 Å². The number of hydrogen-bond donors (Lipinski definition) is 1. The maximum Gasteiger partial charge on any atom is 0.251 e. The largest absolute Gasteiger partial charge is 0.497 e. The van der Waals surface area contributed by atoms with Crippen LogP contribution in [-0.2, 0) is 22.6 Å². The van der Waals surface area contributed by atoms with Gasteiger partial charge in [0.25, 0.3) is 5.91 Å². The summed E-state index contributed by atoms with van der Waals surface area (Å²) in [5.41, 5.74) is 4.10. The molecule has 1 unspecified atom stereocenters. The number of amides is 2. The lowest BCUT2D eigenvalue weighted by atomic mass is 10.00. The van der Waals surface area contributed by atoms with E-state index in [1.54, 1.807) is 42.3 Å². The smallest absolute Gasteiger partial charge is 0.251 e. The van der Waals surface area contributed by atoms with Crippen molar-refractivity contribution in [3.63, 3.8) is 0 Å². The lowest BCUT2D eigenvalue weighted by Gasteiger charge is -2.32. The number of hydrogen-bond acceptors (Lipinski definition) is 5. The minimum Gasteiger partial charge on any atom is -0.497 e. The fourth-order valence-corrected chi connectivity index (χ4v) is 4.61. The van der Waals surface area contributed by atoms with Crippen molar-refractivity contribution >= 4 is 17.5 Å². The molecule has 4 aromatic rings. The third kappa shape index (κ3) is 6.04. The highest BCUT2D eigenvalue weighted by Gasteiger charge is 2.32. The first kappa shape index (κ1) is 25.9. The van der Waals surface area contributed by atoms with Crippen molar-refractivity contribution in [3.8, 4) is 17.2 Å². The minimum absolute atomic E-state index is 0.138. The fraction of sp³-hybridized carbons (Fsp3) is 0.188. The normalized spacial score (nSPS) is 12.5. The van der Waals surface area contributed by atoms with Gasteiger partial charge in [0, 0.05) is 18.3 Å². The van der Waals surface area contributed by atoms with Crippen LogP contribution in [0.15, 0.2) is 97.1 Å². The van der Waals surface area contributed by atoms with Crippen molar-refractivity contribution in [1.82, 2.24) is 4.90 Å². The number of carbonyl (C=O) groups excluding carboxylic acids is 2. The summed E-state index contributed by atoms with van der Waals surface area (Å²) in [6.45, 7) is 2.41. The van der Waals surface area contributed by atoms with Gasteiger partial charge in [0.05, 0.1) is 13.5 Å². The summed E-state index contributed by atoms with van der Waals surface area (Å²) in [7, 11) is 1.59. The Balaban J connectivity index is 1.53. The van der Waals surface area contributed by atoms with Gasteiger partial charge in [-0.15, -0.1) is 0 Å². The average Bonchev–Trinajstić information content (AvgIpc) is 3.42. The second kappa shape index (κ2) is 11.7. The van der Waals surface area contributed by atoms with Crippen LogP contribution in [0.2, 0.25) is 0 Å². The van der Waals surface area contributed by atoms with E-state index in [0.29, 0.717) is 28.5 Å². The Morgan fingerprint density at radius 3 is 2.36 bits per heavy atom. The molecule has 7 heteroatoms. The van der Waals surface area contributed by atoms with Gasteiger partial charge in [-0.05, 0) is 53.4 Å². The molecule has 1 N–H and O–H groups in total. The molecule has 0 aromatic heterocycles. The zero-order valence-corrected chi connectivity index (χ0v) is 21.9. The van der Waals surface area contributed by atoms with Crippen molar-refractivity contribution in [2.45, 2.75) is 25.9 Å². The van der Waals surface area contributed by atoms with Gasteiger partial charge in [0.2, 0.25) is 12.7 Å². The predicted octanol–water partition coefficient (Wildman–Crippen LogP) is 5.68. The molecular formula is C32H30N2O5. The van der Waals surface area contributed by atoms with Crippen LogP contribution >= 0.6 is 0 Å². The number of nitrogens with zero attached hydrogens (tertiary/aromatic N) is 1. The summed E-state index contributed by atoms with van der Waals surface area (Å²) in [6, 6.07) is 29.0. The molecule has 1 heterocycles. The van der Waals surface area contributed by atoms with Gasteiger partial charge in [0.15, 0.2) is 11.5 Å². The highest BCUT2D eigenvalue weighted by molar-refractivity contribution is 5.98. The SMILES string of the molecule is COc1ccc(C(C(=O)Nc2ccc3c(c2)OCO3)N(Cc2ccccc2C)C(=O)Cc2ccccc2)cc1. The molecule has 1 aliphatic heterocycles. The Morgan fingerprint density at radius 2 is 1.62 bits per heavy atom. The number of fused-ring (bicyclic) bond motifs is 1. The minimum atomic E-state index is -0.905. The van der Waals surface area contributed by atoms with E-state index in [0.717, 1.165) is 16.7 Å². The van der Waals surface area contributed by atoms with Crippen LogP contribution in [0.4, 0.5) is 5.69 Å². The van der Waals surface area contributed by atoms with E-state index in [9.17, 15) is 9.59 Å². The van der Waals surface area contributed by atoms with Crippen molar-refractivity contribution in [3.05, 3.63) is 119 Å². The summed E-state index contributed by atoms with van der Waals surface area (Å²) in [5.74, 6) is 1.35. The number of carbonyl (C=O) groups is 2. The molecule has 7 nitrogen and oxygen atoms in total. The summed E-state index contributed by atoms with van der Waals surface area (Å²) >= 11 is 0.